The Kier molecular flexibility index (Phi) is 6.40. The van der Waals surface area contributed by atoms with Crippen LogP contribution in [-0.4, -0.2) is 50.6 Å². The van der Waals surface area contributed by atoms with Gasteiger partial charge in [0.25, 0.3) is 10.0 Å². The summed E-state index contributed by atoms with van der Waals surface area (Å²) >= 11 is 0. The zero-order chi connectivity index (χ0) is 23.7. The highest BCUT2D eigenvalue weighted by Gasteiger charge is 2.24. The summed E-state index contributed by atoms with van der Waals surface area (Å²) in [5, 5.41) is 0.918. The third kappa shape index (κ3) is 4.46. The van der Waals surface area contributed by atoms with Gasteiger partial charge in [0.1, 0.15) is 11.5 Å². The standard InChI is InChI=1S/C27H32N2O4S/c1-28-16-14-20(15-17-28)26-19-29(34(30,31)24-11-8-21(32-2)9-12-24)27-13-10-23(18-25(26)27)33-22-6-4-3-5-7-22/h8-14,18-19,22H,3-7,15-17H2,1-2H3. The van der Waals surface area contributed by atoms with Gasteiger partial charge in [-0.3, -0.25) is 0 Å². The van der Waals surface area contributed by atoms with Crippen LogP contribution in [0.4, 0.5) is 0 Å². The third-order valence-corrected chi connectivity index (χ3v) is 8.66. The van der Waals surface area contributed by atoms with Crippen molar-refractivity contribution in [1.82, 2.24) is 8.87 Å². The molecule has 2 heterocycles. The Bertz CT molecular complexity index is 1300. The number of likely N-dealkylation sites (N-methyl/N-ethyl adjacent to an activating group) is 1. The number of fused-ring (bicyclic) bond motifs is 1. The Labute approximate surface area is 201 Å². The second-order valence-electron chi connectivity index (χ2n) is 9.32. The van der Waals surface area contributed by atoms with Gasteiger partial charge in [-0.1, -0.05) is 12.5 Å². The van der Waals surface area contributed by atoms with E-state index in [0.717, 1.165) is 49.1 Å². The molecule has 6 nitrogen and oxygen atoms in total. The van der Waals surface area contributed by atoms with Crippen molar-refractivity contribution in [3.05, 3.63) is 60.3 Å². The van der Waals surface area contributed by atoms with E-state index in [4.69, 9.17) is 9.47 Å². The van der Waals surface area contributed by atoms with Crippen molar-refractivity contribution in [3.8, 4) is 11.5 Å². The summed E-state index contributed by atoms with van der Waals surface area (Å²) in [5.74, 6) is 1.44. The Morgan fingerprint density at radius 1 is 0.971 bits per heavy atom. The number of hydrogen-bond acceptors (Lipinski definition) is 5. The van der Waals surface area contributed by atoms with E-state index in [1.807, 2.05) is 18.2 Å². The van der Waals surface area contributed by atoms with Gasteiger partial charge in [-0.2, -0.15) is 0 Å². The molecule has 3 aromatic rings. The van der Waals surface area contributed by atoms with Crippen LogP contribution in [0.5, 0.6) is 11.5 Å². The number of nitrogens with zero attached hydrogens (tertiary/aromatic N) is 2. The van der Waals surface area contributed by atoms with Gasteiger partial charge in [0.15, 0.2) is 0 Å². The molecule has 0 atom stereocenters. The molecule has 2 aliphatic rings. The Morgan fingerprint density at radius 2 is 1.71 bits per heavy atom. The summed E-state index contributed by atoms with van der Waals surface area (Å²) in [4.78, 5) is 2.49. The first-order valence-electron chi connectivity index (χ1n) is 12.0. The second-order valence-corrected chi connectivity index (χ2v) is 11.1. The van der Waals surface area contributed by atoms with Crippen molar-refractivity contribution in [1.29, 1.82) is 0 Å². The van der Waals surface area contributed by atoms with Gasteiger partial charge >= 0.3 is 0 Å². The van der Waals surface area contributed by atoms with Crippen LogP contribution in [0, 0.1) is 0 Å². The third-order valence-electron chi connectivity index (χ3n) is 6.97. The fourth-order valence-corrected chi connectivity index (χ4v) is 6.33. The summed E-state index contributed by atoms with van der Waals surface area (Å²) in [6.07, 6.45) is 10.9. The maximum Gasteiger partial charge on any atom is 0.268 e. The largest absolute Gasteiger partial charge is 0.497 e. The van der Waals surface area contributed by atoms with E-state index in [2.05, 4.69) is 18.0 Å². The molecule has 0 amide bonds. The van der Waals surface area contributed by atoms with Gasteiger partial charge in [0.05, 0.1) is 23.6 Å². The van der Waals surface area contributed by atoms with Crippen LogP contribution < -0.4 is 9.47 Å². The molecule has 2 aromatic carbocycles. The number of aromatic nitrogens is 1. The minimum atomic E-state index is -3.78. The molecule has 0 radical (unpaired) electrons. The van der Waals surface area contributed by atoms with Gasteiger partial charge < -0.3 is 14.4 Å². The predicted octanol–water partition coefficient (Wildman–Crippen LogP) is 5.32. The van der Waals surface area contributed by atoms with Crippen LogP contribution in [0.15, 0.2) is 59.6 Å². The molecule has 180 valence electrons. The van der Waals surface area contributed by atoms with E-state index in [1.165, 1.54) is 28.8 Å². The zero-order valence-electron chi connectivity index (χ0n) is 19.9. The van der Waals surface area contributed by atoms with Crippen LogP contribution in [0.3, 0.4) is 0 Å². The smallest absolute Gasteiger partial charge is 0.268 e. The Morgan fingerprint density at radius 3 is 2.38 bits per heavy atom. The summed E-state index contributed by atoms with van der Waals surface area (Å²) in [6.45, 7) is 1.80. The molecule has 1 aliphatic heterocycles. The highest BCUT2D eigenvalue weighted by molar-refractivity contribution is 7.90. The van der Waals surface area contributed by atoms with Crippen LogP contribution >= 0.6 is 0 Å². The molecular weight excluding hydrogens is 448 g/mol. The van der Waals surface area contributed by atoms with Crippen molar-refractivity contribution in [2.75, 3.05) is 27.2 Å². The maximum atomic E-state index is 13.7. The predicted molar refractivity (Wildman–Crippen MR) is 135 cm³/mol. The number of rotatable bonds is 6. The lowest BCUT2D eigenvalue weighted by atomic mass is 9.97. The van der Waals surface area contributed by atoms with Gasteiger partial charge in [-0.15, -0.1) is 0 Å². The van der Waals surface area contributed by atoms with Gasteiger partial charge in [-0.25, -0.2) is 12.4 Å². The molecule has 1 aliphatic carbocycles. The molecule has 0 unspecified atom stereocenters. The average Bonchev–Trinajstić information content (AvgIpc) is 3.25. The molecule has 0 spiro atoms. The van der Waals surface area contributed by atoms with E-state index >= 15 is 0 Å². The lowest BCUT2D eigenvalue weighted by Gasteiger charge is -2.23. The maximum absolute atomic E-state index is 13.7. The number of hydrogen-bond donors (Lipinski definition) is 0. The Hall–Kier alpha value is -2.77. The van der Waals surface area contributed by atoms with Gasteiger partial charge in [0, 0.05) is 30.2 Å². The second kappa shape index (κ2) is 9.47. The quantitative estimate of drug-likeness (QED) is 0.478. The fourth-order valence-electron chi connectivity index (χ4n) is 4.96. The van der Waals surface area contributed by atoms with Gasteiger partial charge in [0.2, 0.25) is 0 Å². The first-order valence-corrected chi connectivity index (χ1v) is 13.5. The van der Waals surface area contributed by atoms with Crippen LogP contribution in [0.25, 0.3) is 16.5 Å². The van der Waals surface area contributed by atoms with Crippen molar-refractivity contribution < 1.29 is 17.9 Å². The summed E-state index contributed by atoms with van der Waals surface area (Å²) in [7, 11) is -0.112. The molecule has 34 heavy (non-hydrogen) atoms. The molecule has 5 rings (SSSR count). The summed E-state index contributed by atoms with van der Waals surface area (Å²) in [5.41, 5.74) is 2.82. The lowest BCUT2D eigenvalue weighted by Crippen LogP contribution is -2.23. The van der Waals surface area contributed by atoms with Crippen molar-refractivity contribution in [2.45, 2.75) is 49.5 Å². The topological polar surface area (TPSA) is 60.8 Å². The highest BCUT2D eigenvalue weighted by atomic mass is 32.2. The van der Waals surface area contributed by atoms with E-state index in [9.17, 15) is 8.42 Å². The van der Waals surface area contributed by atoms with Crippen LogP contribution in [-0.2, 0) is 10.0 Å². The van der Waals surface area contributed by atoms with Crippen molar-refractivity contribution >= 4 is 26.5 Å². The molecule has 0 saturated heterocycles. The van der Waals surface area contributed by atoms with Crippen LogP contribution in [0.1, 0.15) is 44.1 Å². The Balaban J connectivity index is 1.60. The number of methoxy groups -OCH3 is 1. The first-order chi connectivity index (χ1) is 16.5. The minimum absolute atomic E-state index is 0.233. The van der Waals surface area contributed by atoms with E-state index < -0.39 is 10.0 Å². The molecule has 0 bridgehead atoms. The normalized spacial score (nSPS) is 18.1. The lowest BCUT2D eigenvalue weighted by molar-refractivity contribution is 0.155. The minimum Gasteiger partial charge on any atom is -0.497 e. The van der Waals surface area contributed by atoms with E-state index in [0.29, 0.717) is 11.3 Å². The molecule has 0 N–H and O–H groups in total. The van der Waals surface area contributed by atoms with Crippen molar-refractivity contribution in [2.24, 2.45) is 0 Å². The molecule has 1 fully saturated rings. The summed E-state index contributed by atoms with van der Waals surface area (Å²) in [6, 6.07) is 12.4. The number of ether oxygens (including phenoxy) is 2. The molecular formula is C27H32N2O4S. The summed E-state index contributed by atoms with van der Waals surface area (Å²) < 4.78 is 40.3. The monoisotopic (exact) mass is 480 g/mol. The molecule has 1 saturated carbocycles. The SMILES string of the molecule is COc1ccc(S(=O)(=O)n2cc(C3=CCN(C)CC3)c3cc(OC4CCCCC4)ccc32)cc1. The zero-order valence-corrected chi connectivity index (χ0v) is 20.7. The fraction of sp³-hybridized carbons (Fsp3) is 0.407. The first kappa shape index (κ1) is 23.0. The average molecular weight is 481 g/mol. The van der Waals surface area contributed by atoms with E-state index in [-0.39, 0.29) is 11.0 Å². The number of benzene rings is 2. The molecule has 1 aromatic heterocycles. The van der Waals surface area contributed by atoms with Crippen LogP contribution in [0.2, 0.25) is 0 Å². The van der Waals surface area contributed by atoms with Gasteiger partial charge in [-0.05, 0) is 87.2 Å². The molecule has 7 heteroatoms. The van der Waals surface area contributed by atoms with E-state index in [1.54, 1.807) is 37.6 Å². The highest BCUT2D eigenvalue weighted by Crippen LogP contribution is 2.36. The van der Waals surface area contributed by atoms with Crippen molar-refractivity contribution in [3.63, 3.8) is 0 Å².